The summed E-state index contributed by atoms with van der Waals surface area (Å²) >= 11 is 1.48. The summed E-state index contributed by atoms with van der Waals surface area (Å²) in [6, 6.07) is 20.3. The normalized spacial score (nSPS) is 12.4. The zero-order valence-electron chi connectivity index (χ0n) is 21.5. The van der Waals surface area contributed by atoms with Crippen molar-refractivity contribution in [2.75, 3.05) is 30.9 Å². The van der Waals surface area contributed by atoms with Gasteiger partial charge in [0.25, 0.3) is 0 Å². The molecule has 12 heteroatoms. The molecule has 3 aromatic carbocycles. The van der Waals surface area contributed by atoms with Gasteiger partial charge < -0.3 is 16.4 Å². The Balaban J connectivity index is 1.53. The highest BCUT2D eigenvalue weighted by atomic mass is 32.2. The van der Waals surface area contributed by atoms with Gasteiger partial charge in [-0.15, -0.1) is 11.3 Å². The van der Waals surface area contributed by atoms with Crippen LogP contribution in [0.1, 0.15) is 10.6 Å². The summed E-state index contributed by atoms with van der Waals surface area (Å²) in [7, 11) is -4.85. The van der Waals surface area contributed by atoms with Gasteiger partial charge in [0.1, 0.15) is 20.7 Å². The number of aliphatic imine (C=N–C) groups is 1. The molecule has 39 heavy (non-hydrogen) atoms. The number of aromatic nitrogens is 1. The van der Waals surface area contributed by atoms with E-state index in [0.29, 0.717) is 24.3 Å². The third kappa shape index (κ3) is 7.30. The number of hydrogen-bond acceptors (Lipinski definition) is 9. The first-order valence-electron chi connectivity index (χ1n) is 12.0. The molecule has 1 heterocycles. The number of rotatable bonds is 11. The molecule has 0 atom stereocenters. The van der Waals surface area contributed by atoms with Gasteiger partial charge in [0, 0.05) is 48.6 Å². The average molecular weight is 584 g/mol. The van der Waals surface area contributed by atoms with E-state index in [9.17, 15) is 16.8 Å². The van der Waals surface area contributed by atoms with E-state index in [1.165, 1.54) is 29.7 Å². The van der Waals surface area contributed by atoms with Crippen molar-refractivity contribution in [3.63, 3.8) is 0 Å². The number of nitrogens with one attached hydrogen (secondary N) is 2. The number of nitrogens with zero attached hydrogens (tertiary/aromatic N) is 2. The highest BCUT2D eigenvalue weighted by Gasteiger charge is 2.17. The van der Waals surface area contributed by atoms with Crippen molar-refractivity contribution < 1.29 is 16.8 Å². The lowest BCUT2D eigenvalue weighted by atomic mass is 10.1. The number of benzene rings is 3. The van der Waals surface area contributed by atoms with E-state index in [-0.39, 0.29) is 21.4 Å². The van der Waals surface area contributed by atoms with Gasteiger partial charge in [-0.3, -0.25) is 0 Å². The average Bonchev–Trinajstić information content (AvgIpc) is 3.40. The molecule has 0 aliphatic carbocycles. The second kappa shape index (κ2) is 12.1. The van der Waals surface area contributed by atoms with Crippen LogP contribution in [-0.4, -0.2) is 53.3 Å². The molecule has 1 aromatic heterocycles. The van der Waals surface area contributed by atoms with Crippen LogP contribution in [0, 0.1) is 0 Å². The fourth-order valence-electron chi connectivity index (χ4n) is 3.75. The van der Waals surface area contributed by atoms with E-state index < -0.39 is 19.7 Å². The standard InChI is InChI=1S/C27H29N5O4S3/c1-29-24-13-8-19(25-18-37-26(32-25)17-30-14-15-38(2,33)34)16-23(24)27(28)31-20-9-11-22(12-10-20)39(35,36)21-6-4-3-5-7-21/h3-13,16,18,29-30H,14-15,17H2,1-2H3,(H2,28,31). The molecule has 0 radical (unpaired) electrons. The minimum atomic E-state index is -3.62. The fraction of sp³-hybridized carbons (Fsp3) is 0.185. The number of thiazole rings is 1. The Morgan fingerprint density at radius 3 is 2.33 bits per heavy atom. The van der Waals surface area contributed by atoms with Gasteiger partial charge in [-0.05, 0) is 48.5 Å². The maximum atomic E-state index is 12.9. The molecule has 4 N–H and O–H groups in total. The van der Waals surface area contributed by atoms with Crippen LogP contribution < -0.4 is 16.4 Å². The van der Waals surface area contributed by atoms with Gasteiger partial charge in [-0.1, -0.05) is 24.3 Å². The monoisotopic (exact) mass is 583 g/mol. The Morgan fingerprint density at radius 1 is 0.974 bits per heavy atom. The second-order valence-corrected chi connectivity index (χ2v) is 13.9. The third-order valence-corrected chi connectivity index (χ3v) is 9.37. The molecule has 204 valence electrons. The molecule has 0 bridgehead atoms. The van der Waals surface area contributed by atoms with Crippen LogP contribution in [0.15, 0.2) is 93.0 Å². The smallest absolute Gasteiger partial charge is 0.206 e. The summed E-state index contributed by atoms with van der Waals surface area (Å²) in [6.07, 6.45) is 1.21. The van der Waals surface area contributed by atoms with Crippen molar-refractivity contribution >= 4 is 48.2 Å². The lowest BCUT2D eigenvalue weighted by Crippen LogP contribution is -2.21. The number of hydrogen-bond donors (Lipinski definition) is 3. The van der Waals surface area contributed by atoms with Crippen molar-refractivity contribution in [1.29, 1.82) is 0 Å². The summed E-state index contributed by atoms with van der Waals surface area (Å²) < 4.78 is 48.3. The van der Waals surface area contributed by atoms with Gasteiger partial charge >= 0.3 is 0 Å². The molecule has 0 spiro atoms. The SMILES string of the molecule is CNc1ccc(-c2csc(CNCCS(C)(=O)=O)n2)cc1C(N)=Nc1ccc(S(=O)(=O)c2ccccc2)cc1. The fourth-order valence-corrected chi connectivity index (χ4v) is 6.32. The Hall–Kier alpha value is -3.58. The van der Waals surface area contributed by atoms with E-state index in [4.69, 9.17) is 5.73 Å². The summed E-state index contributed by atoms with van der Waals surface area (Å²) in [4.78, 5) is 9.59. The first-order chi connectivity index (χ1) is 18.6. The van der Waals surface area contributed by atoms with Crippen LogP contribution in [0.3, 0.4) is 0 Å². The van der Waals surface area contributed by atoms with Crippen LogP contribution in [0.25, 0.3) is 11.3 Å². The van der Waals surface area contributed by atoms with Gasteiger partial charge in [0.2, 0.25) is 9.84 Å². The quantitative estimate of drug-likeness (QED) is 0.137. The van der Waals surface area contributed by atoms with Crippen molar-refractivity contribution in [2.24, 2.45) is 10.7 Å². The highest BCUT2D eigenvalue weighted by molar-refractivity contribution is 7.91. The maximum Gasteiger partial charge on any atom is 0.206 e. The lowest BCUT2D eigenvalue weighted by Gasteiger charge is -2.11. The Bertz CT molecular complexity index is 1680. The van der Waals surface area contributed by atoms with E-state index in [1.54, 1.807) is 49.5 Å². The zero-order valence-corrected chi connectivity index (χ0v) is 23.9. The molecule has 0 saturated carbocycles. The number of anilines is 1. The number of amidine groups is 1. The van der Waals surface area contributed by atoms with Crippen molar-refractivity contribution in [3.05, 3.63) is 88.7 Å². The highest BCUT2D eigenvalue weighted by Crippen LogP contribution is 2.28. The molecule has 0 amide bonds. The molecule has 0 unspecified atom stereocenters. The molecule has 0 saturated heterocycles. The first kappa shape index (κ1) is 28.4. The zero-order chi connectivity index (χ0) is 28.0. The Kier molecular flexibility index (Phi) is 8.80. The second-order valence-electron chi connectivity index (χ2n) is 8.75. The molecule has 9 nitrogen and oxygen atoms in total. The van der Waals surface area contributed by atoms with Gasteiger partial charge in [-0.2, -0.15) is 0 Å². The Morgan fingerprint density at radius 2 is 1.67 bits per heavy atom. The van der Waals surface area contributed by atoms with Crippen molar-refractivity contribution in [1.82, 2.24) is 10.3 Å². The van der Waals surface area contributed by atoms with E-state index in [1.807, 2.05) is 23.6 Å². The minimum Gasteiger partial charge on any atom is -0.388 e. The molecule has 4 aromatic rings. The van der Waals surface area contributed by atoms with Crippen molar-refractivity contribution in [2.45, 2.75) is 16.3 Å². The summed E-state index contributed by atoms with van der Waals surface area (Å²) in [6.45, 7) is 0.835. The van der Waals surface area contributed by atoms with Crippen LogP contribution in [-0.2, 0) is 26.2 Å². The van der Waals surface area contributed by atoms with Crippen molar-refractivity contribution in [3.8, 4) is 11.3 Å². The number of nitrogens with two attached hydrogens (primary N) is 1. The topological polar surface area (TPSA) is 144 Å². The maximum absolute atomic E-state index is 12.9. The molecule has 0 fully saturated rings. The third-order valence-electron chi connectivity index (χ3n) is 5.79. The van der Waals surface area contributed by atoms with Crippen LogP contribution >= 0.6 is 11.3 Å². The van der Waals surface area contributed by atoms with E-state index in [2.05, 4.69) is 20.6 Å². The number of sulfone groups is 2. The van der Waals surface area contributed by atoms with Crippen LogP contribution in [0.5, 0.6) is 0 Å². The molecule has 0 aliphatic heterocycles. The summed E-state index contributed by atoms with van der Waals surface area (Å²) in [5.74, 6) is 0.335. The first-order valence-corrected chi connectivity index (χ1v) is 16.4. The van der Waals surface area contributed by atoms with Crippen LogP contribution in [0.4, 0.5) is 11.4 Å². The predicted molar refractivity (Wildman–Crippen MR) is 157 cm³/mol. The minimum absolute atomic E-state index is 0.0737. The lowest BCUT2D eigenvalue weighted by molar-refractivity contribution is 0.594. The Labute approximate surface area is 232 Å². The summed E-state index contributed by atoms with van der Waals surface area (Å²) in [5.41, 5.74) is 10.00. The predicted octanol–water partition coefficient (Wildman–Crippen LogP) is 3.86. The van der Waals surface area contributed by atoms with Gasteiger partial charge in [0.05, 0.1) is 26.9 Å². The van der Waals surface area contributed by atoms with E-state index in [0.717, 1.165) is 22.0 Å². The summed E-state index contributed by atoms with van der Waals surface area (Å²) in [5, 5.41) is 9.00. The van der Waals surface area contributed by atoms with Crippen LogP contribution in [0.2, 0.25) is 0 Å². The molecular weight excluding hydrogens is 555 g/mol. The van der Waals surface area contributed by atoms with Gasteiger partial charge in [0.15, 0.2) is 0 Å². The molecule has 0 aliphatic rings. The molecule has 4 rings (SSSR count). The molecular formula is C27H29N5O4S3. The van der Waals surface area contributed by atoms with Gasteiger partial charge in [-0.25, -0.2) is 26.8 Å². The van der Waals surface area contributed by atoms with E-state index >= 15 is 0 Å². The largest absolute Gasteiger partial charge is 0.388 e.